The minimum absolute atomic E-state index is 0.0136. The van der Waals surface area contributed by atoms with Crippen LogP contribution in [0.1, 0.15) is 49.4 Å². The molecule has 1 aromatic rings. The molecule has 0 heterocycles. The molecule has 0 aliphatic heterocycles. The van der Waals surface area contributed by atoms with Crippen molar-refractivity contribution >= 4 is 11.7 Å². The topological polar surface area (TPSA) is 46.2 Å². The molecule has 1 rings (SSSR count). The summed E-state index contributed by atoms with van der Waals surface area (Å²) in [4.78, 5) is 23.2. The van der Waals surface area contributed by atoms with Crippen LogP contribution in [0, 0.1) is 5.82 Å². The van der Waals surface area contributed by atoms with Gasteiger partial charge in [0.1, 0.15) is 5.82 Å². The lowest BCUT2D eigenvalue weighted by Crippen LogP contribution is -2.24. The van der Waals surface area contributed by atoms with Crippen LogP contribution in [0.5, 0.6) is 0 Å². The fourth-order valence-electron chi connectivity index (χ4n) is 1.68. The molecule has 0 fully saturated rings. The zero-order valence-corrected chi connectivity index (χ0v) is 11.2. The molecular weight excluding hydrogens is 245 g/mol. The number of halogens is 1. The lowest BCUT2D eigenvalue weighted by atomic mass is 10.1. The summed E-state index contributed by atoms with van der Waals surface area (Å²) in [6.07, 6.45) is 3.21. The summed E-state index contributed by atoms with van der Waals surface area (Å²) >= 11 is 0. The van der Waals surface area contributed by atoms with Gasteiger partial charge >= 0.3 is 0 Å². The number of ketones is 1. The number of hydrogen-bond donors (Lipinski definition) is 1. The summed E-state index contributed by atoms with van der Waals surface area (Å²) in [6, 6.07) is 5.48. The van der Waals surface area contributed by atoms with Gasteiger partial charge in [0, 0.05) is 24.9 Å². The van der Waals surface area contributed by atoms with Gasteiger partial charge in [-0.2, -0.15) is 0 Å². The zero-order chi connectivity index (χ0) is 14.1. The van der Waals surface area contributed by atoms with Gasteiger partial charge in [0.2, 0.25) is 5.91 Å². The Balaban J connectivity index is 2.23. The monoisotopic (exact) mass is 265 g/mol. The minimum atomic E-state index is -0.355. The number of nitrogens with one attached hydrogen (secondary N) is 1. The molecule has 3 nitrogen and oxygen atoms in total. The van der Waals surface area contributed by atoms with Crippen molar-refractivity contribution in [2.24, 2.45) is 0 Å². The van der Waals surface area contributed by atoms with E-state index in [4.69, 9.17) is 0 Å². The third-order valence-corrected chi connectivity index (χ3v) is 2.83. The highest BCUT2D eigenvalue weighted by Gasteiger charge is 2.07. The zero-order valence-electron chi connectivity index (χ0n) is 11.2. The highest BCUT2D eigenvalue weighted by atomic mass is 19.1. The maximum atomic E-state index is 12.7. The lowest BCUT2D eigenvalue weighted by Gasteiger charge is -2.04. The van der Waals surface area contributed by atoms with Gasteiger partial charge in [0.15, 0.2) is 5.78 Å². The molecule has 0 radical (unpaired) electrons. The van der Waals surface area contributed by atoms with Crippen LogP contribution in [-0.4, -0.2) is 18.2 Å². The number of carbonyl (C=O) groups is 2. The first kappa shape index (κ1) is 15.3. The molecule has 19 heavy (non-hydrogen) atoms. The molecular formula is C15H20FNO2. The van der Waals surface area contributed by atoms with Crippen molar-refractivity contribution in [2.45, 2.75) is 39.0 Å². The van der Waals surface area contributed by atoms with Crippen molar-refractivity contribution < 1.29 is 14.0 Å². The van der Waals surface area contributed by atoms with Crippen LogP contribution in [0.4, 0.5) is 4.39 Å². The van der Waals surface area contributed by atoms with E-state index < -0.39 is 0 Å². The molecule has 0 spiro atoms. The summed E-state index contributed by atoms with van der Waals surface area (Å²) in [5, 5.41) is 2.80. The molecule has 0 unspecified atom stereocenters. The number of hydrogen-bond acceptors (Lipinski definition) is 2. The number of rotatable bonds is 8. The second-order valence-corrected chi connectivity index (χ2v) is 4.49. The first-order valence-electron chi connectivity index (χ1n) is 6.69. The van der Waals surface area contributed by atoms with E-state index in [1.54, 1.807) is 0 Å². The van der Waals surface area contributed by atoms with Crippen LogP contribution in [0.25, 0.3) is 0 Å². The average molecular weight is 265 g/mol. The first-order valence-corrected chi connectivity index (χ1v) is 6.69. The van der Waals surface area contributed by atoms with Gasteiger partial charge in [0.05, 0.1) is 0 Å². The van der Waals surface area contributed by atoms with Crippen LogP contribution in [0.3, 0.4) is 0 Å². The van der Waals surface area contributed by atoms with E-state index >= 15 is 0 Å². The molecule has 0 atom stereocenters. The van der Waals surface area contributed by atoms with Gasteiger partial charge in [0.25, 0.3) is 0 Å². The Kier molecular flexibility index (Phi) is 6.79. The van der Waals surface area contributed by atoms with Crippen molar-refractivity contribution in [2.75, 3.05) is 6.54 Å². The third kappa shape index (κ3) is 6.13. The fourth-order valence-corrected chi connectivity index (χ4v) is 1.68. The molecule has 0 saturated carbocycles. The number of Topliss-reactive ketones (excluding diaryl/α,β-unsaturated/α-hetero) is 1. The van der Waals surface area contributed by atoms with Gasteiger partial charge in [-0.05, 0) is 37.1 Å². The molecule has 104 valence electrons. The standard InChI is InChI=1S/C15H20FNO2/c1-2-3-11-17-15(19)6-4-5-14(18)12-7-9-13(16)10-8-12/h7-10H,2-6,11H2,1H3,(H,17,19). The van der Waals surface area contributed by atoms with E-state index in [1.807, 2.05) is 0 Å². The molecule has 1 aromatic carbocycles. The predicted octanol–water partition coefficient (Wildman–Crippen LogP) is 3.10. The highest BCUT2D eigenvalue weighted by molar-refractivity contribution is 5.96. The SMILES string of the molecule is CCCCNC(=O)CCCC(=O)c1ccc(F)cc1. The van der Waals surface area contributed by atoms with E-state index in [0.717, 1.165) is 12.8 Å². The van der Waals surface area contributed by atoms with E-state index in [0.29, 0.717) is 31.4 Å². The quantitative estimate of drug-likeness (QED) is 0.580. The Hall–Kier alpha value is -1.71. The smallest absolute Gasteiger partial charge is 0.220 e. The maximum absolute atomic E-state index is 12.7. The molecule has 0 aliphatic carbocycles. The van der Waals surface area contributed by atoms with Crippen LogP contribution >= 0.6 is 0 Å². The first-order chi connectivity index (χ1) is 9.13. The second-order valence-electron chi connectivity index (χ2n) is 4.49. The second kappa shape index (κ2) is 8.40. The molecule has 4 heteroatoms. The van der Waals surface area contributed by atoms with E-state index in [9.17, 15) is 14.0 Å². The van der Waals surface area contributed by atoms with Gasteiger partial charge in [-0.15, -0.1) is 0 Å². The lowest BCUT2D eigenvalue weighted by molar-refractivity contribution is -0.121. The van der Waals surface area contributed by atoms with E-state index in [2.05, 4.69) is 12.2 Å². The van der Waals surface area contributed by atoms with Crippen molar-refractivity contribution in [3.63, 3.8) is 0 Å². The largest absolute Gasteiger partial charge is 0.356 e. The molecule has 1 N–H and O–H groups in total. The van der Waals surface area contributed by atoms with Gasteiger partial charge in [-0.3, -0.25) is 9.59 Å². The summed E-state index contributed by atoms with van der Waals surface area (Å²) < 4.78 is 12.7. The van der Waals surface area contributed by atoms with Crippen molar-refractivity contribution in [3.05, 3.63) is 35.6 Å². The van der Waals surface area contributed by atoms with Gasteiger partial charge in [-0.25, -0.2) is 4.39 Å². The fraction of sp³-hybridized carbons (Fsp3) is 0.467. The number of unbranched alkanes of at least 4 members (excludes halogenated alkanes) is 1. The highest BCUT2D eigenvalue weighted by Crippen LogP contribution is 2.08. The Bertz CT molecular complexity index is 415. The summed E-state index contributed by atoms with van der Waals surface area (Å²) in [7, 11) is 0. The Labute approximate surface area is 113 Å². The Morgan fingerprint density at radius 1 is 1.11 bits per heavy atom. The van der Waals surface area contributed by atoms with Crippen LogP contribution in [0.15, 0.2) is 24.3 Å². The van der Waals surface area contributed by atoms with Gasteiger partial charge in [-0.1, -0.05) is 13.3 Å². The van der Waals surface area contributed by atoms with Crippen molar-refractivity contribution in [3.8, 4) is 0 Å². The van der Waals surface area contributed by atoms with Crippen LogP contribution in [-0.2, 0) is 4.79 Å². The summed E-state index contributed by atoms with van der Waals surface area (Å²) in [5.74, 6) is -0.423. The normalized spacial score (nSPS) is 10.2. The summed E-state index contributed by atoms with van der Waals surface area (Å²) in [5.41, 5.74) is 0.493. The maximum Gasteiger partial charge on any atom is 0.220 e. The van der Waals surface area contributed by atoms with E-state index in [-0.39, 0.29) is 17.5 Å². The molecule has 0 aliphatic rings. The minimum Gasteiger partial charge on any atom is -0.356 e. The number of benzene rings is 1. The summed E-state index contributed by atoms with van der Waals surface area (Å²) in [6.45, 7) is 2.76. The van der Waals surface area contributed by atoms with Crippen LogP contribution in [0.2, 0.25) is 0 Å². The molecule has 0 aromatic heterocycles. The number of amides is 1. The Morgan fingerprint density at radius 2 is 1.79 bits per heavy atom. The molecule has 1 amide bonds. The van der Waals surface area contributed by atoms with Gasteiger partial charge < -0.3 is 5.32 Å². The third-order valence-electron chi connectivity index (χ3n) is 2.83. The Morgan fingerprint density at radius 3 is 2.42 bits per heavy atom. The van der Waals surface area contributed by atoms with E-state index in [1.165, 1.54) is 24.3 Å². The molecule has 0 saturated heterocycles. The molecule has 0 bridgehead atoms. The van der Waals surface area contributed by atoms with Crippen LogP contribution < -0.4 is 5.32 Å². The van der Waals surface area contributed by atoms with Crippen molar-refractivity contribution in [1.82, 2.24) is 5.32 Å². The predicted molar refractivity (Wildman–Crippen MR) is 72.5 cm³/mol. The average Bonchev–Trinajstić information content (AvgIpc) is 2.39. The van der Waals surface area contributed by atoms with Crippen molar-refractivity contribution in [1.29, 1.82) is 0 Å². The number of carbonyl (C=O) groups excluding carboxylic acids is 2.